The molecule has 1 aliphatic rings. The van der Waals surface area contributed by atoms with Gasteiger partial charge in [-0.2, -0.15) is 0 Å². The molecule has 2 aromatic carbocycles. The first-order chi connectivity index (χ1) is 13.1. The first-order valence-electron chi connectivity index (χ1n) is 8.73. The monoisotopic (exact) mass is 367 g/mol. The Morgan fingerprint density at radius 2 is 1.52 bits per heavy atom. The minimum Gasteiger partial charge on any atom is -0.465 e. The number of esters is 1. The van der Waals surface area contributed by atoms with Crippen molar-refractivity contribution in [1.29, 1.82) is 0 Å². The third-order valence-electron chi connectivity index (χ3n) is 4.36. The van der Waals surface area contributed by atoms with E-state index >= 15 is 0 Å². The number of methoxy groups -OCH3 is 1. The summed E-state index contributed by atoms with van der Waals surface area (Å²) < 4.78 is 4.68. The molecule has 7 heteroatoms. The number of amides is 3. The second-order valence-electron chi connectivity index (χ2n) is 6.20. The fraction of sp³-hybridized carbons (Fsp3) is 0.250. The summed E-state index contributed by atoms with van der Waals surface area (Å²) in [6.45, 7) is 1.47. The fourth-order valence-electron chi connectivity index (χ4n) is 2.92. The Morgan fingerprint density at radius 1 is 0.889 bits per heavy atom. The van der Waals surface area contributed by atoms with Crippen molar-refractivity contribution >= 4 is 29.3 Å². The van der Waals surface area contributed by atoms with Crippen LogP contribution in [-0.4, -0.2) is 43.0 Å². The normalized spacial score (nSPS) is 13.1. The van der Waals surface area contributed by atoms with Gasteiger partial charge in [0.1, 0.15) is 0 Å². The van der Waals surface area contributed by atoms with Crippen LogP contribution in [0.1, 0.15) is 33.6 Å². The molecule has 27 heavy (non-hydrogen) atoms. The lowest BCUT2D eigenvalue weighted by atomic mass is 10.1. The molecule has 0 spiro atoms. The van der Waals surface area contributed by atoms with Crippen molar-refractivity contribution in [1.82, 2.24) is 4.90 Å². The van der Waals surface area contributed by atoms with Crippen LogP contribution in [0.3, 0.4) is 0 Å². The molecular weight excluding hydrogens is 346 g/mol. The summed E-state index contributed by atoms with van der Waals surface area (Å²) in [5.74, 6) is -0.897. The number of carbonyl (C=O) groups excluding carboxylic acids is 3. The molecule has 1 aliphatic heterocycles. The molecule has 0 saturated carbocycles. The van der Waals surface area contributed by atoms with Gasteiger partial charge in [-0.05, 0) is 43.2 Å². The summed E-state index contributed by atoms with van der Waals surface area (Å²) in [5, 5.41) is 5.63. The zero-order valence-corrected chi connectivity index (χ0v) is 15.0. The molecule has 0 unspecified atom stereocenters. The van der Waals surface area contributed by atoms with Crippen LogP contribution in [0, 0.1) is 0 Å². The second-order valence-corrected chi connectivity index (χ2v) is 6.20. The Kier molecular flexibility index (Phi) is 5.71. The van der Waals surface area contributed by atoms with Gasteiger partial charge in [0.15, 0.2) is 0 Å². The lowest BCUT2D eigenvalue weighted by Gasteiger charge is -2.18. The van der Waals surface area contributed by atoms with E-state index in [1.807, 2.05) is 0 Å². The highest BCUT2D eigenvalue weighted by Crippen LogP contribution is 2.23. The number of ether oxygens (including phenoxy) is 1. The van der Waals surface area contributed by atoms with Gasteiger partial charge in [-0.15, -0.1) is 0 Å². The standard InChI is InChI=1S/C20H21N3O4/c1-27-19(25)15-8-6-7-14(13-15)18(24)21-16-9-2-3-10-17(16)22-20(26)23-11-4-5-12-23/h2-3,6-10,13H,4-5,11-12H2,1H3,(H,21,24)(H,22,26). The van der Waals surface area contributed by atoms with Crippen molar-refractivity contribution in [3.05, 3.63) is 59.7 Å². The van der Waals surface area contributed by atoms with Gasteiger partial charge in [0, 0.05) is 18.7 Å². The van der Waals surface area contributed by atoms with E-state index in [4.69, 9.17) is 0 Å². The van der Waals surface area contributed by atoms with Crippen molar-refractivity contribution in [3.8, 4) is 0 Å². The second kappa shape index (κ2) is 8.35. The molecule has 1 saturated heterocycles. The van der Waals surface area contributed by atoms with Crippen LogP contribution >= 0.6 is 0 Å². The van der Waals surface area contributed by atoms with Crippen molar-refractivity contribution in [2.24, 2.45) is 0 Å². The number of nitrogens with one attached hydrogen (secondary N) is 2. The smallest absolute Gasteiger partial charge is 0.337 e. The van der Waals surface area contributed by atoms with Crippen LogP contribution in [0.5, 0.6) is 0 Å². The predicted molar refractivity (Wildman–Crippen MR) is 102 cm³/mol. The number of rotatable bonds is 4. The Balaban J connectivity index is 1.74. The van der Waals surface area contributed by atoms with Crippen molar-refractivity contribution in [3.63, 3.8) is 0 Å². The Hall–Kier alpha value is -3.35. The number of benzene rings is 2. The molecule has 0 radical (unpaired) electrons. The zero-order valence-electron chi connectivity index (χ0n) is 15.0. The zero-order chi connectivity index (χ0) is 19.2. The molecule has 0 atom stereocenters. The Labute approximate surface area is 157 Å². The summed E-state index contributed by atoms with van der Waals surface area (Å²) >= 11 is 0. The maximum Gasteiger partial charge on any atom is 0.337 e. The molecule has 3 amide bonds. The number of urea groups is 1. The lowest BCUT2D eigenvalue weighted by Crippen LogP contribution is -2.32. The van der Waals surface area contributed by atoms with Crippen LogP contribution in [0.4, 0.5) is 16.2 Å². The molecule has 0 aliphatic carbocycles. The number of para-hydroxylation sites is 2. The van der Waals surface area contributed by atoms with E-state index in [0.29, 0.717) is 22.5 Å². The number of nitrogens with zero attached hydrogens (tertiary/aromatic N) is 1. The summed E-state index contributed by atoms with van der Waals surface area (Å²) in [6, 6.07) is 13.1. The highest BCUT2D eigenvalue weighted by Gasteiger charge is 2.19. The van der Waals surface area contributed by atoms with Crippen molar-refractivity contribution in [2.75, 3.05) is 30.8 Å². The van der Waals surface area contributed by atoms with E-state index in [1.54, 1.807) is 47.4 Å². The fourth-order valence-corrected chi connectivity index (χ4v) is 2.92. The number of carbonyl (C=O) groups is 3. The largest absolute Gasteiger partial charge is 0.465 e. The van der Waals surface area contributed by atoms with Crippen molar-refractivity contribution < 1.29 is 19.1 Å². The molecule has 0 aromatic heterocycles. The van der Waals surface area contributed by atoms with E-state index in [1.165, 1.54) is 13.2 Å². The minimum absolute atomic E-state index is 0.179. The van der Waals surface area contributed by atoms with E-state index in [0.717, 1.165) is 25.9 Å². The van der Waals surface area contributed by atoms with Gasteiger partial charge in [0.2, 0.25) is 0 Å². The topological polar surface area (TPSA) is 87.7 Å². The number of anilines is 2. The predicted octanol–water partition coefficient (Wildman–Crippen LogP) is 3.35. The Bertz CT molecular complexity index is 860. The van der Waals surface area contributed by atoms with Gasteiger partial charge in [0.25, 0.3) is 5.91 Å². The van der Waals surface area contributed by atoms with E-state index in [2.05, 4.69) is 15.4 Å². The quantitative estimate of drug-likeness (QED) is 0.811. The molecular formula is C20H21N3O4. The van der Waals surface area contributed by atoms with Crippen molar-refractivity contribution in [2.45, 2.75) is 12.8 Å². The summed E-state index contributed by atoms with van der Waals surface area (Å²) in [4.78, 5) is 38.3. The highest BCUT2D eigenvalue weighted by atomic mass is 16.5. The van der Waals surface area contributed by atoms with Gasteiger partial charge < -0.3 is 20.3 Å². The van der Waals surface area contributed by atoms with Crippen LogP contribution in [0.15, 0.2) is 48.5 Å². The first-order valence-corrected chi connectivity index (χ1v) is 8.73. The molecule has 0 bridgehead atoms. The van der Waals surface area contributed by atoms with Gasteiger partial charge in [0.05, 0.1) is 24.0 Å². The number of hydrogen-bond acceptors (Lipinski definition) is 4. The minimum atomic E-state index is -0.511. The highest BCUT2D eigenvalue weighted by molar-refractivity contribution is 6.08. The van der Waals surface area contributed by atoms with Gasteiger partial charge in [-0.3, -0.25) is 4.79 Å². The first kappa shape index (κ1) is 18.4. The molecule has 1 fully saturated rings. The molecule has 3 rings (SSSR count). The molecule has 1 heterocycles. The van der Waals surface area contributed by atoms with Crippen LogP contribution in [-0.2, 0) is 4.74 Å². The molecule has 2 aromatic rings. The van der Waals surface area contributed by atoms with Crippen LogP contribution in [0.25, 0.3) is 0 Å². The SMILES string of the molecule is COC(=O)c1cccc(C(=O)Nc2ccccc2NC(=O)N2CCCC2)c1. The molecule has 140 valence electrons. The lowest BCUT2D eigenvalue weighted by molar-refractivity contribution is 0.0600. The number of hydrogen-bond donors (Lipinski definition) is 2. The number of likely N-dealkylation sites (tertiary alicyclic amines) is 1. The van der Waals surface area contributed by atoms with E-state index in [-0.39, 0.29) is 11.9 Å². The third kappa shape index (κ3) is 4.44. The molecule has 2 N–H and O–H groups in total. The average molecular weight is 367 g/mol. The molecule has 7 nitrogen and oxygen atoms in total. The average Bonchev–Trinajstić information content (AvgIpc) is 3.24. The van der Waals surface area contributed by atoms with Gasteiger partial charge in [-0.1, -0.05) is 18.2 Å². The maximum atomic E-state index is 12.6. The summed E-state index contributed by atoms with van der Waals surface area (Å²) in [6.07, 6.45) is 2.00. The summed E-state index contributed by atoms with van der Waals surface area (Å²) in [7, 11) is 1.29. The van der Waals surface area contributed by atoms with Crippen LogP contribution < -0.4 is 10.6 Å². The van der Waals surface area contributed by atoms with E-state index < -0.39 is 5.97 Å². The summed E-state index contributed by atoms with van der Waals surface area (Å²) in [5.41, 5.74) is 1.62. The van der Waals surface area contributed by atoms with E-state index in [9.17, 15) is 14.4 Å². The third-order valence-corrected chi connectivity index (χ3v) is 4.36. The van der Waals surface area contributed by atoms with Gasteiger partial charge >= 0.3 is 12.0 Å². The van der Waals surface area contributed by atoms with Crippen LogP contribution in [0.2, 0.25) is 0 Å². The Morgan fingerprint density at radius 3 is 2.19 bits per heavy atom. The van der Waals surface area contributed by atoms with Gasteiger partial charge in [-0.25, -0.2) is 9.59 Å². The maximum absolute atomic E-state index is 12.6.